The van der Waals surface area contributed by atoms with E-state index >= 15 is 0 Å². The lowest BCUT2D eigenvalue weighted by molar-refractivity contribution is 0.241. The maximum atomic E-state index is 10.6. The van der Waals surface area contributed by atoms with Crippen LogP contribution in [0, 0.1) is 0 Å². The molecule has 0 spiro atoms. The highest BCUT2D eigenvalue weighted by Gasteiger charge is 1.93. The van der Waals surface area contributed by atoms with Gasteiger partial charge in [0.1, 0.15) is 0 Å². The van der Waals surface area contributed by atoms with Gasteiger partial charge in [0.2, 0.25) is 0 Å². The molecule has 0 aromatic carbocycles. The third-order valence-corrected chi connectivity index (χ3v) is 0.996. The predicted molar refractivity (Wildman–Crippen MR) is 41.0 cm³/mol. The van der Waals surface area contributed by atoms with Crippen molar-refractivity contribution < 1.29 is 4.79 Å². The Bertz CT molecular complexity index is 114. The molecule has 0 radical (unpaired) electrons. The van der Waals surface area contributed by atoms with Gasteiger partial charge in [-0.3, -0.25) is 0 Å². The van der Waals surface area contributed by atoms with Crippen molar-refractivity contribution in [2.45, 2.75) is 19.8 Å². The molecule has 0 fully saturated rings. The molecule has 0 aromatic rings. The Morgan fingerprint density at radius 2 is 2.40 bits per heavy atom. The van der Waals surface area contributed by atoms with Crippen molar-refractivity contribution in [3.8, 4) is 0 Å². The first-order valence-electron chi connectivity index (χ1n) is 3.30. The zero-order valence-electron chi connectivity index (χ0n) is 6.18. The zero-order chi connectivity index (χ0) is 7.82. The quantitative estimate of drug-likeness (QED) is 0.340. The van der Waals surface area contributed by atoms with E-state index in [0.717, 1.165) is 12.8 Å². The van der Waals surface area contributed by atoms with Gasteiger partial charge < -0.3 is 5.32 Å². The monoisotopic (exact) mass is 143 g/mol. The van der Waals surface area contributed by atoms with Crippen LogP contribution in [0.2, 0.25) is 0 Å². The fraction of sp³-hybridized carbons (Fsp3) is 0.667. The lowest BCUT2D eigenvalue weighted by Crippen LogP contribution is -2.32. The molecule has 0 heterocycles. The van der Waals surface area contributed by atoms with E-state index in [9.17, 15) is 4.79 Å². The van der Waals surface area contributed by atoms with Crippen molar-refractivity contribution in [3.63, 3.8) is 0 Å². The van der Waals surface area contributed by atoms with Crippen LogP contribution >= 0.6 is 0 Å². The van der Waals surface area contributed by atoms with Crippen LogP contribution in [0.25, 0.3) is 0 Å². The second kappa shape index (κ2) is 6.07. The van der Waals surface area contributed by atoms with Crippen LogP contribution in [0.15, 0.2) is 5.10 Å². The van der Waals surface area contributed by atoms with E-state index in [1.54, 1.807) is 0 Å². The van der Waals surface area contributed by atoms with Crippen LogP contribution in [-0.4, -0.2) is 19.3 Å². The van der Waals surface area contributed by atoms with Crippen molar-refractivity contribution in [2.75, 3.05) is 6.54 Å². The number of nitrogens with one attached hydrogen (secondary N) is 2. The van der Waals surface area contributed by atoms with Crippen molar-refractivity contribution in [2.24, 2.45) is 5.10 Å². The van der Waals surface area contributed by atoms with Gasteiger partial charge in [0, 0.05) is 13.3 Å². The van der Waals surface area contributed by atoms with Crippen LogP contribution < -0.4 is 10.7 Å². The van der Waals surface area contributed by atoms with Gasteiger partial charge in [-0.2, -0.15) is 5.10 Å². The van der Waals surface area contributed by atoms with Gasteiger partial charge in [0.05, 0.1) is 0 Å². The van der Waals surface area contributed by atoms with E-state index in [0.29, 0.717) is 6.54 Å². The lowest BCUT2D eigenvalue weighted by Gasteiger charge is -2.00. The highest BCUT2D eigenvalue weighted by atomic mass is 16.2. The van der Waals surface area contributed by atoms with Gasteiger partial charge in [-0.1, -0.05) is 13.3 Å². The number of hydrogen-bond acceptors (Lipinski definition) is 2. The summed E-state index contributed by atoms with van der Waals surface area (Å²) in [4.78, 5) is 10.6. The molecule has 0 saturated heterocycles. The smallest absolute Gasteiger partial charge is 0.335 e. The van der Waals surface area contributed by atoms with Crippen LogP contribution in [0.4, 0.5) is 4.79 Å². The summed E-state index contributed by atoms with van der Waals surface area (Å²) < 4.78 is 0. The van der Waals surface area contributed by atoms with Gasteiger partial charge in [-0.25, -0.2) is 10.2 Å². The van der Waals surface area contributed by atoms with Gasteiger partial charge in [0.15, 0.2) is 0 Å². The highest BCUT2D eigenvalue weighted by Crippen LogP contribution is 1.81. The SMILES string of the molecule is C=NNC(=O)NCCCC. The number of carbonyl (C=O) groups is 1. The minimum Gasteiger partial charge on any atom is -0.337 e. The maximum Gasteiger partial charge on any atom is 0.335 e. The lowest BCUT2D eigenvalue weighted by atomic mass is 10.3. The first kappa shape index (κ1) is 8.94. The Kier molecular flexibility index (Phi) is 5.42. The van der Waals surface area contributed by atoms with Gasteiger partial charge >= 0.3 is 6.03 Å². The Balaban J connectivity index is 3.13. The number of hydrogen-bond donors (Lipinski definition) is 2. The van der Waals surface area contributed by atoms with E-state index < -0.39 is 0 Å². The molecule has 0 rings (SSSR count). The zero-order valence-corrected chi connectivity index (χ0v) is 6.18. The first-order chi connectivity index (χ1) is 4.81. The van der Waals surface area contributed by atoms with Gasteiger partial charge in [-0.15, -0.1) is 0 Å². The number of unbranched alkanes of at least 4 members (excludes halogenated alkanes) is 1. The largest absolute Gasteiger partial charge is 0.337 e. The van der Waals surface area contributed by atoms with Crippen LogP contribution in [0.5, 0.6) is 0 Å². The summed E-state index contributed by atoms with van der Waals surface area (Å²) >= 11 is 0. The predicted octanol–water partition coefficient (Wildman–Crippen LogP) is 0.701. The summed E-state index contributed by atoms with van der Waals surface area (Å²) in [6.07, 6.45) is 2.06. The minimum absolute atomic E-state index is 0.288. The molecule has 4 heteroatoms. The summed E-state index contributed by atoms with van der Waals surface area (Å²) in [5.41, 5.74) is 2.17. The van der Waals surface area contributed by atoms with Gasteiger partial charge in [0.25, 0.3) is 0 Å². The topological polar surface area (TPSA) is 53.5 Å². The van der Waals surface area contributed by atoms with E-state index in [-0.39, 0.29) is 6.03 Å². The van der Waals surface area contributed by atoms with Crippen LogP contribution in [0.3, 0.4) is 0 Å². The highest BCUT2D eigenvalue weighted by molar-refractivity contribution is 5.73. The number of carbonyl (C=O) groups excluding carboxylic acids is 1. The number of hydrazone groups is 1. The van der Waals surface area contributed by atoms with E-state index in [4.69, 9.17) is 0 Å². The molecule has 2 amide bonds. The first-order valence-corrected chi connectivity index (χ1v) is 3.30. The number of rotatable bonds is 4. The third kappa shape index (κ3) is 5.08. The third-order valence-electron chi connectivity index (χ3n) is 0.996. The molecule has 0 aliphatic heterocycles. The summed E-state index contributed by atoms with van der Waals surface area (Å²) in [7, 11) is 0. The normalized spacial score (nSPS) is 8.50. The Hall–Kier alpha value is -1.06. The van der Waals surface area contributed by atoms with Gasteiger partial charge in [-0.05, 0) is 6.42 Å². The Labute approximate surface area is 60.7 Å². The van der Waals surface area contributed by atoms with Crippen LogP contribution in [0.1, 0.15) is 19.8 Å². The number of urea groups is 1. The number of amides is 2. The molecular formula is C6H13N3O. The molecule has 4 nitrogen and oxygen atoms in total. The summed E-state index contributed by atoms with van der Waals surface area (Å²) in [6, 6.07) is -0.288. The molecule has 0 aliphatic rings. The molecular weight excluding hydrogens is 130 g/mol. The summed E-state index contributed by atoms with van der Waals surface area (Å²) in [5, 5.41) is 5.80. The fourth-order valence-corrected chi connectivity index (χ4v) is 0.490. The van der Waals surface area contributed by atoms with E-state index in [2.05, 4.69) is 29.5 Å². The van der Waals surface area contributed by atoms with Crippen molar-refractivity contribution in [1.29, 1.82) is 0 Å². The summed E-state index contributed by atoms with van der Waals surface area (Å²) in [6.45, 7) is 5.86. The Morgan fingerprint density at radius 1 is 1.70 bits per heavy atom. The average molecular weight is 143 g/mol. The molecule has 0 aromatic heterocycles. The van der Waals surface area contributed by atoms with Crippen molar-refractivity contribution in [1.82, 2.24) is 10.7 Å². The Morgan fingerprint density at radius 3 is 2.90 bits per heavy atom. The molecule has 2 N–H and O–H groups in total. The second-order valence-corrected chi connectivity index (χ2v) is 1.88. The van der Waals surface area contributed by atoms with E-state index in [1.807, 2.05) is 0 Å². The molecule has 58 valence electrons. The van der Waals surface area contributed by atoms with Crippen molar-refractivity contribution >= 4 is 12.7 Å². The molecule has 0 bridgehead atoms. The molecule has 0 aliphatic carbocycles. The fourth-order valence-electron chi connectivity index (χ4n) is 0.490. The van der Waals surface area contributed by atoms with E-state index in [1.165, 1.54) is 0 Å². The second-order valence-electron chi connectivity index (χ2n) is 1.88. The molecule has 0 unspecified atom stereocenters. The minimum atomic E-state index is -0.288. The summed E-state index contributed by atoms with van der Waals surface area (Å²) in [5.74, 6) is 0. The van der Waals surface area contributed by atoms with Crippen molar-refractivity contribution in [3.05, 3.63) is 0 Å². The molecule has 0 atom stereocenters. The average Bonchev–Trinajstić information content (AvgIpc) is 1.89. The molecule has 0 saturated carbocycles. The maximum absolute atomic E-state index is 10.6. The van der Waals surface area contributed by atoms with Crippen LogP contribution in [-0.2, 0) is 0 Å². The number of nitrogens with zero attached hydrogens (tertiary/aromatic N) is 1. The molecule has 10 heavy (non-hydrogen) atoms. The standard InChI is InChI=1S/C6H13N3O/c1-3-4-5-8-6(10)9-7-2/h2-5H2,1H3,(H2,8,9,10).